The van der Waals surface area contributed by atoms with E-state index in [-0.39, 0.29) is 6.04 Å². The Labute approximate surface area is 131 Å². The van der Waals surface area contributed by atoms with Crippen LogP contribution in [-0.2, 0) is 6.54 Å². The molecule has 5 heteroatoms. The Balaban J connectivity index is 2.17. The summed E-state index contributed by atoms with van der Waals surface area (Å²) in [6, 6.07) is 10.3. The number of nitrogens with two attached hydrogens (primary N) is 1. The van der Waals surface area contributed by atoms with Gasteiger partial charge < -0.3 is 10.6 Å². The molecule has 0 amide bonds. The quantitative estimate of drug-likeness (QED) is 0.848. The van der Waals surface area contributed by atoms with Crippen LogP contribution in [0.1, 0.15) is 23.4 Å². The summed E-state index contributed by atoms with van der Waals surface area (Å²) in [5.41, 5.74) is 8.16. The lowest BCUT2D eigenvalue weighted by Crippen LogP contribution is -2.16. The number of hydrogen-bond acceptors (Lipinski definition) is 3. The molecule has 0 saturated heterocycles. The zero-order valence-corrected chi connectivity index (χ0v) is 14.0. The van der Waals surface area contributed by atoms with Crippen molar-refractivity contribution in [1.29, 1.82) is 0 Å². The molecule has 2 aromatic rings. The molecule has 0 bridgehead atoms. The van der Waals surface area contributed by atoms with Gasteiger partial charge in [-0.2, -0.15) is 0 Å². The molecule has 2 nitrogen and oxygen atoms in total. The molecule has 0 radical (unpaired) electrons. The fourth-order valence-corrected chi connectivity index (χ4v) is 3.71. The van der Waals surface area contributed by atoms with Crippen molar-refractivity contribution in [2.45, 2.75) is 19.5 Å². The summed E-state index contributed by atoms with van der Waals surface area (Å²) in [5.74, 6) is 0. The van der Waals surface area contributed by atoms with Crippen LogP contribution in [0, 0.1) is 0 Å². The molecular formula is C14H16BrClN2S. The van der Waals surface area contributed by atoms with Gasteiger partial charge in [0.1, 0.15) is 0 Å². The Morgan fingerprint density at radius 1 is 1.37 bits per heavy atom. The maximum Gasteiger partial charge on any atom is 0.0931 e. The van der Waals surface area contributed by atoms with Crippen LogP contribution in [0.25, 0.3) is 0 Å². The Kier molecular flexibility index (Phi) is 4.90. The van der Waals surface area contributed by atoms with Crippen molar-refractivity contribution < 1.29 is 0 Å². The Morgan fingerprint density at radius 2 is 2.11 bits per heavy atom. The first kappa shape index (κ1) is 14.9. The molecule has 2 N–H and O–H groups in total. The monoisotopic (exact) mass is 358 g/mol. The van der Waals surface area contributed by atoms with Crippen LogP contribution in [0.4, 0.5) is 5.69 Å². The van der Waals surface area contributed by atoms with Crippen molar-refractivity contribution in [3.8, 4) is 0 Å². The van der Waals surface area contributed by atoms with E-state index in [1.54, 1.807) is 11.3 Å². The molecule has 0 aliphatic rings. The first-order chi connectivity index (χ1) is 8.97. The van der Waals surface area contributed by atoms with Crippen LogP contribution in [0.3, 0.4) is 0 Å². The zero-order valence-electron chi connectivity index (χ0n) is 10.9. The largest absolute Gasteiger partial charge is 0.369 e. The number of hydrogen-bond donors (Lipinski definition) is 1. The van der Waals surface area contributed by atoms with E-state index in [0.29, 0.717) is 0 Å². The molecule has 0 aliphatic carbocycles. The van der Waals surface area contributed by atoms with Gasteiger partial charge in [0.2, 0.25) is 0 Å². The van der Waals surface area contributed by atoms with Gasteiger partial charge in [0, 0.05) is 22.4 Å². The van der Waals surface area contributed by atoms with Gasteiger partial charge in [0.15, 0.2) is 0 Å². The number of benzene rings is 1. The molecule has 1 aromatic carbocycles. The Bertz CT molecular complexity index is 568. The topological polar surface area (TPSA) is 29.3 Å². The molecule has 19 heavy (non-hydrogen) atoms. The molecule has 0 spiro atoms. The number of halogens is 2. The zero-order chi connectivity index (χ0) is 14.0. The van der Waals surface area contributed by atoms with Gasteiger partial charge in [0.25, 0.3) is 0 Å². The van der Waals surface area contributed by atoms with Gasteiger partial charge in [-0.25, -0.2) is 0 Å². The summed E-state index contributed by atoms with van der Waals surface area (Å²) in [6.45, 7) is 2.83. The second kappa shape index (κ2) is 6.27. The van der Waals surface area contributed by atoms with Gasteiger partial charge in [-0.15, -0.1) is 11.3 Å². The fourth-order valence-electron chi connectivity index (χ4n) is 1.87. The van der Waals surface area contributed by atoms with Crippen LogP contribution in [0.2, 0.25) is 4.34 Å². The van der Waals surface area contributed by atoms with Crippen LogP contribution in [-0.4, -0.2) is 7.05 Å². The standard InChI is InChI=1S/C14H16BrClN2S/c1-9(17)10-3-5-13(12(15)7-10)18(2)8-11-4-6-14(16)19-11/h3-7,9H,8,17H2,1-2H3. The van der Waals surface area contributed by atoms with Gasteiger partial charge in [0.05, 0.1) is 16.6 Å². The Hall–Kier alpha value is -0.550. The summed E-state index contributed by atoms with van der Waals surface area (Å²) >= 11 is 11.2. The van der Waals surface area contributed by atoms with Crippen LogP contribution in [0.5, 0.6) is 0 Å². The van der Waals surface area contributed by atoms with Crippen LogP contribution >= 0.6 is 38.9 Å². The minimum atomic E-state index is 0.0479. The predicted molar refractivity (Wildman–Crippen MR) is 88.2 cm³/mol. The van der Waals surface area contributed by atoms with Crippen molar-refractivity contribution in [3.63, 3.8) is 0 Å². The average Bonchev–Trinajstić information content (AvgIpc) is 2.74. The Morgan fingerprint density at radius 3 is 2.63 bits per heavy atom. The van der Waals surface area contributed by atoms with Crippen LogP contribution < -0.4 is 10.6 Å². The highest BCUT2D eigenvalue weighted by Crippen LogP contribution is 2.30. The summed E-state index contributed by atoms with van der Waals surface area (Å²) < 4.78 is 1.89. The highest BCUT2D eigenvalue weighted by Gasteiger charge is 2.10. The van der Waals surface area contributed by atoms with Crippen molar-refractivity contribution in [1.82, 2.24) is 0 Å². The number of rotatable bonds is 4. The minimum absolute atomic E-state index is 0.0479. The summed E-state index contributed by atoms with van der Waals surface area (Å²) in [4.78, 5) is 3.44. The molecule has 1 aromatic heterocycles. The summed E-state index contributed by atoms with van der Waals surface area (Å²) in [7, 11) is 2.07. The molecule has 1 unspecified atom stereocenters. The first-order valence-electron chi connectivity index (χ1n) is 5.97. The fraction of sp³-hybridized carbons (Fsp3) is 0.286. The average molecular weight is 360 g/mol. The molecule has 102 valence electrons. The normalized spacial score (nSPS) is 12.5. The maximum absolute atomic E-state index is 5.95. The second-order valence-electron chi connectivity index (χ2n) is 4.56. The molecule has 0 saturated carbocycles. The van der Waals surface area contributed by atoms with Crippen molar-refractivity contribution in [3.05, 3.63) is 49.6 Å². The SMILES string of the molecule is CC(N)c1ccc(N(C)Cc2ccc(Cl)s2)c(Br)c1. The van der Waals surface area contributed by atoms with E-state index in [9.17, 15) is 0 Å². The van der Waals surface area contributed by atoms with Crippen molar-refractivity contribution in [2.75, 3.05) is 11.9 Å². The van der Waals surface area contributed by atoms with Crippen molar-refractivity contribution in [2.24, 2.45) is 5.73 Å². The summed E-state index contributed by atoms with van der Waals surface area (Å²) in [5, 5.41) is 0. The number of nitrogens with zero attached hydrogens (tertiary/aromatic N) is 1. The van der Waals surface area contributed by atoms with Crippen molar-refractivity contribution >= 4 is 44.6 Å². The van der Waals surface area contributed by atoms with Gasteiger partial charge in [-0.3, -0.25) is 0 Å². The molecule has 1 atom stereocenters. The smallest absolute Gasteiger partial charge is 0.0931 e. The molecule has 0 aliphatic heterocycles. The number of anilines is 1. The highest BCUT2D eigenvalue weighted by atomic mass is 79.9. The highest BCUT2D eigenvalue weighted by molar-refractivity contribution is 9.10. The van der Waals surface area contributed by atoms with Crippen LogP contribution in [0.15, 0.2) is 34.8 Å². The summed E-state index contributed by atoms with van der Waals surface area (Å²) in [6.07, 6.45) is 0. The van der Waals surface area contributed by atoms with Gasteiger partial charge in [-0.05, 0) is 52.7 Å². The third-order valence-corrected chi connectivity index (χ3v) is 4.78. The van der Waals surface area contributed by atoms with E-state index in [4.69, 9.17) is 17.3 Å². The van der Waals surface area contributed by atoms with Gasteiger partial charge >= 0.3 is 0 Å². The first-order valence-corrected chi connectivity index (χ1v) is 7.96. The second-order valence-corrected chi connectivity index (χ2v) is 7.22. The van der Waals surface area contributed by atoms with E-state index in [2.05, 4.69) is 52.1 Å². The minimum Gasteiger partial charge on any atom is -0.369 e. The molecule has 1 heterocycles. The van der Waals surface area contributed by atoms with E-state index < -0.39 is 0 Å². The predicted octanol–water partition coefficient (Wildman–Crippen LogP) is 4.82. The molecule has 2 rings (SSSR count). The lowest BCUT2D eigenvalue weighted by atomic mass is 10.1. The molecular weight excluding hydrogens is 344 g/mol. The number of thiophene rings is 1. The van der Waals surface area contributed by atoms with E-state index in [1.807, 2.05) is 13.0 Å². The lowest BCUT2D eigenvalue weighted by molar-refractivity contribution is 0.816. The van der Waals surface area contributed by atoms with E-state index in [0.717, 1.165) is 26.6 Å². The van der Waals surface area contributed by atoms with E-state index >= 15 is 0 Å². The lowest BCUT2D eigenvalue weighted by Gasteiger charge is -2.21. The molecule has 0 fully saturated rings. The maximum atomic E-state index is 5.95. The third-order valence-electron chi connectivity index (χ3n) is 2.93. The third kappa shape index (κ3) is 3.72. The van der Waals surface area contributed by atoms with E-state index in [1.165, 1.54) is 4.88 Å². The van der Waals surface area contributed by atoms with Gasteiger partial charge in [-0.1, -0.05) is 17.7 Å².